The maximum Gasteiger partial charge on any atom is 1.00 e. The van der Waals surface area contributed by atoms with Gasteiger partial charge in [-0.3, -0.25) is 9.59 Å². The first kappa shape index (κ1) is 25.2. The van der Waals surface area contributed by atoms with Crippen molar-refractivity contribution in [2.75, 3.05) is 13.2 Å². The van der Waals surface area contributed by atoms with Gasteiger partial charge in [-0.15, -0.1) is 0 Å². The van der Waals surface area contributed by atoms with Crippen molar-refractivity contribution in [3.8, 4) is 0 Å². The summed E-state index contributed by atoms with van der Waals surface area (Å²) < 4.78 is 10.2. The second-order valence-corrected chi connectivity index (χ2v) is 5.77. The van der Waals surface area contributed by atoms with Crippen LogP contribution in [0.1, 0.15) is 90.9 Å². The summed E-state index contributed by atoms with van der Waals surface area (Å²) in [5.41, 5.74) is 0. The first-order valence-corrected chi connectivity index (χ1v) is 9.02. The number of rotatable bonds is 15. The molecule has 0 aliphatic carbocycles. The minimum atomic E-state index is -0.0664. The van der Waals surface area contributed by atoms with E-state index >= 15 is 0 Å². The van der Waals surface area contributed by atoms with Gasteiger partial charge in [-0.1, -0.05) is 52.4 Å². The Balaban J connectivity index is 0. The van der Waals surface area contributed by atoms with Crippen LogP contribution < -0.4 is 29.6 Å². The quantitative estimate of drug-likeness (QED) is 0.260. The maximum atomic E-state index is 11.4. The number of carbonyl (C=O) groups is 2. The van der Waals surface area contributed by atoms with Crippen molar-refractivity contribution in [1.82, 2.24) is 0 Å². The Morgan fingerprint density at radius 2 is 0.957 bits per heavy atom. The first-order chi connectivity index (χ1) is 10.7. The molecule has 0 aromatic rings. The molecule has 0 atom stereocenters. The molecule has 0 N–H and O–H groups in total. The molecule has 0 aliphatic heterocycles. The molecule has 0 saturated heterocycles. The van der Waals surface area contributed by atoms with Gasteiger partial charge in [-0.2, -0.15) is 0 Å². The van der Waals surface area contributed by atoms with E-state index in [9.17, 15) is 9.59 Å². The van der Waals surface area contributed by atoms with Crippen molar-refractivity contribution in [3.05, 3.63) is 0 Å². The normalized spacial score (nSPS) is 10.0. The van der Waals surface area contributed by atoms with Gasteiger partial charge in [0, 0.05) is 12.8 Å². The monoisotopic (exact) mass is 337 g/mol. The summed E-state index contributed by atoms with van der Waals surface area (Å²) >= 11 is 0. The number of hydrogen-bond donors (Lipinski definition) is 0. The fourth-order valence-electron chi connectivity index (χ4n) is 2.05. The Hall–Kier alpha value is -0.0600. The fraction of sp³-hybridized carbons (Fsp3) is 0.889. The van der Waals surface area contributed by atoms with Crippen molar-refractivity contribution in [1.29, 1.82) is 0 Å². The molecule has 0 aromatic carbocycles. The Labute approximate surface area is 164 Å². The van der Waals surface area contributed by atoms with Crippen LogP contribution in [0, 0.1) is 0 Å². The molecule has 0 unspecified atom stereocenters. The Morgan fingerprint density at radius 1 is 0.609 bits per heavy atom. The van der Waals surface area contributed by atoms with Crippen LogP contribution in [-0.2, 0) is 19.1 Å². The average molecular weight is 337 g/mol. The molecule has 5 heteroatoms. The van der Waals surface area contributed by atoms with Gasteiger partial charge in [0.05, 0.1) is 13.2 Å². The van der Waals surface area contributed by atoms with Gasteiger partial charge in [0.15, 0.2) is 0 Å². The molecule has 0 fully saturated rings. The Bertz CT molecular complexity index is 254. The Morgan fingerprint density at radius 3 is 1.30 bits per heavy atom. The number of carbonyl (C=O) groups excluding carboxylic acids is 2. The van der Waals surface area contributed by atoms with Crippen molar-refractivity contribution in [3.63, 3.8) is 0 Å². The average Bonchev–Trinajstić information content (AvgIpc) is 2.50. The molecular formula is C18H34NaO4+. The van der Waals surface area contributed by atoms with Crippen LogP contribution in [0.4, 0.5) is 0 Å². The zero-order chi connectivity index (χ0) is 16.5. The topological polar surface area (TPSA) is 52.6 Å². The number of unbranched alkanes of at least 4 members (excludes halogenated alkanes) is 7. The predicted octanol–water partition coefficient (Wildman–Crippen LogP) is 1.80. The van der Waals surface area contributed by atoms with Crippen LogP contribution in [0.3, 0.4) is 0 Å². The molecule has 0 rings (SSSR count). The van der Waals surface area contributed by atoms with Crippen LogP contribution in [0.15, 0.2) is 0 Å². The van der Waals surface area contributed by atoms with Crippen LogP contribution in [0.2, 0.25) is 0 Å². The summed E-state index contributed by atoms with van der Waals surface area (Å²) in [6.07, 6.45) is 11.3. The van der Waals surface area contributed by atoms with Crippen LogP contribution in [0.25, 0.3) is 0 Å². The number of ether oxygens (including phenoxy) is 2. The zero-order valence-corrected chi connectivity index (χ0v) is 17.5. The van der Waals surface area contributed by atoms with E-state index in [1.54, 1.807) is 0 Å². The van der Waals surface area contributed by atoms with Gasteiger partial charge < -0.3 is 9.47 Å². The van der Waals surface area contributed by atoms with E-state index in [2.05, 4.69) is 13.8 Å². The molecule has 0 spiro atoms. The molecule has 4 nitrogen and oxygen atoms in total. The third-order valence-corrected chi connectivity index (χ3v) is 3.53. The van der Waals surface area contributed by atoms with Crippen molar-refractivity contribution in [2.24, 2.45) is 0 Å². The zero-order valence-electron chi connectivity index (χ0n) is 15.5. The second kappa shape index (κ2) is 20.0. The van der Waals surface area contributed by atoms with E-state index in [0.29, 0.717) is 26.1 Å². The summed E-state index contributed by atoms with van der Waals surface area (Å²) in [5, 5.41) is 0. The maximum absolute atomic E-state index is 11.4. The molecular weight excluding hydrogens is 303 g/mol. The fourth-order valence-corrected chi connectivity index (χ4v) is 2.05. The first-order valence-electron chi connectivity index (χ1n) is 9.02. The van der Waals surface area contributed by atoms with Crippen LogP contribution >= 0.6 is 0 Å². The van der Waals surface area contributed by atoms with Crippen molar-refractivity contribution >= 4 is 11.9 Å². The molecule has 0 heterocycles. The van der Waals surface area contributed by atoms with E-state index in [4.69, 9.17) is 9.47 Å². The standard InChI is InChI=1S/C18H34O4.Na/c1-3-5-15-21-17(19)13-11-9-7-8-10-12-14-18(20)22-16-6-4-2;/h3-16H2,1-2H3;/q;+1. The smallest absolute Gasteiger partial charge is 0.466 e. The van der Waals surface area contributed by atoms with Gasteiger partial charge in [0.2, 0.25) is 0 Å². The van der Waals surface area contributed by atoms with Crippen molar-refractivity contribution in [2.45, 2.75) is 90.9 Å². The molecule has 0 bridgehead atoms. The van der Waals surface area contributed by atoms with Gasteiger partial charge in [-0.25, -0.2) is 0 Å². The van der Waals surface area contributed by atoms with Gasteiger partial charge in [0.1, 0.15) is 0 Å². The van der Waals surface area contributed by atoms with E-state index in [-0.39, 0.29) is 41.5 Å². The van der Waals surface area contributed by atoms with Gasteiger partial charge >= 0.3 is 41.5 Å². The van der Waals surface area contributed by atoms with E-state index < -0.39 is 0 Å². The summed E-state index contributed by atoms with van der Waals surface area (Å²) in [6, 6.07) is 0. The van der Waals surface area contributed by atoms with E-state index in [1.165, 1.54) is 0 Å². The summed E-state index contributed by atoms with van der Waals surface area (Å²) in [4.78, 5) is 22.7. The van der Waals surface area contributed by atoms with Crippen LogP contribution in [-0.4, -0.2) is 25.2 Å². The largest absolute Gasteiger partial charge is 1.00 e. The SMILES string of the molecule is CCCCOC(=O)CCCCCCCCC(=O)OCCCC.[Na+]. The molecule has 23 heavy (non-hydrogen) atoms. The second-order valence-electron chi connectivity index (χ2n) is 5.77. The summed E-state index contributed by atoms with van der Waals surface area (Å²) in [5.74, 6) is -0.133. The summed E-state index contributed by atoms with van der Waals surface area (Å²) in [7, 11) is 0. The predicted molar refractivity (Wildman–Crippen MR) is 88.7 cm³/mol. The third-order valence-electron chi connectivity index (χ3n) is 3.53. The van der Waals surface area contributed by atoms with E-state index in [0.717, 1.165) is 64.2 Å². The molecule has 0 saturated carbocycles. The minimum Gasteiger partial charge on any atom is -0.466 e. The molecule has 0 aliphatic rings. The number of esters is 2. The molecule has 0 amide bonds. The Kier molecular flexibility index (Phi) is 21.9. The third kappa shape index (κ3) is 19.9. The van der Waals surface area contributed by atoms with Gasteiger partial charge in [-0.05, 0) is 25.7 Å². The number of hydrogen-bond acceptors (Lipinski definition) is 4. The van der Waals surface area contributed by atoms with Crippen LogP contribution in [0.5, 0.6) is 0 Å². The molecule has 130 valence electrons. The van der Waals surface area contributed by atoms with E-state index in [1.807, 2.05) is 0 Å². The molecule has 0 aromatic heterocycles. The van der Waals surface area contributed by atoms with Crippen molar-refractivity contribution < 1.29 is 48.6 Å². The van der Waals surface area contributed by atoms with Gasteiger partial charge in [0.25, 0.3) is 0 Å². The molecule has 0 radical (unpaired) electrons. The minimum absolute atomic E-state index is 0. The summed E-state index contributed by atoms with van der Waals surface area (Å²) in [6.45, 7) is 5.28.